The first-order valence-electron chi connectivity index (χ1n) is 7.25. The number of ether oxygens (including phenoxy) is 1. The first-order valence-corrected chi connectivity index (χ1v) is 7.63. The Morgan fingerprint density at radius 1 is 1.05 bits per heavy atom. The van der Waals surface area contributed by atoms with Gasteiger partial charge in [-0.3, -0.25) is 0 Å². The molecule has 0 aliphatic carbocycles. The number of hydrogen-bond acceptors (Lipinski definition) is 6. The molecule has 0 aromatic carbocycles. The molecule has 0 saturated carbocycles. The predicted octanol–water partition coefficient (Wildman–Crippen LogP) is 2.34. The number of rotatable bonds is 8. The van der Waals surface area contributed by atoms with Crippen molar-refractivity contribution in [2.45, 2.75) is 33.8 Å². The Labute approximate surface area is 132 Å². The van der Waals surface area contributed by atoms with Crippen LogP contribution in [0.4, 0.5) is 5.95 Å². The van der Waals surface area contributed by atoms with E-state index in [1.807, 2.05) is 27.9 Å². The van der Waals surface area contributed by atoms with Gasteiger partial charge in [0.2, 0.25) is 11.2 Å². The van der Waals surface area contributed by atoms with Crippen LogP contribution in [0.3, 0.4) is 0 Å². The Morgan fingerprint density at radius 3 is 2.24 bits per heavy atom. The fourth-order valence-electron chi connectivity index (χ4n) is 1.76. The highest BCUT2D eigenvalue weighted by molar-refractivity contribution is 6.28. The molecule has 1 rings (SSSR count). The number of nitrogens with zero attached hydrogens (tertiary/aromatic N) is 5. The Bertz CT molecular complexity index is 439. The van der Waals surface area contributed by atoms with Crippen molar-refractivity contribution in [2.24, 2.45) is 5.92 Å². The summed E-state index contributed by atoms with van der Waals surface area (Å²) in [5.41, 5.74) is 0. The van der Waals surface area contributed by atoms with Crippen molar-refractivity contribution in [2.75, 3.05) is 38.6 Å². The van der Waals surface area contributed by atoms with Crippen LogP contribution in [-0.4, -0.2) is 59.7 Å². The van der Waals surface area contributed by atoms with E-state index in [-0.39, 0.29) is 17.4 Å². The zero-order valence-electron chi connectivity index (χ0n) is 13.8. The van der Waals surface area contributed by atoms with Gasteiger partial charge in [0.05, 0.1) is 6.10 Å². The van der Waals surface area contributed by atoms with Gasteiger partial charge in [-0.25, -0.2) is 0 Å². The SMILES string of the molecule is CC(C)CN(CCN(C)C)c1nc(Cl)nc(OC(C)C)n1. The molecule has 0 atom stereocenters. The molecule has 0 radical (unpaired) electrons. The fourth-order valence-corrected chi connectivity index (χ4v) is 1.91. The van der Waals surface area contributed by atoms with Crippen molar-refractivity contribution in [3.8, 4) is 6.01 Å². The third-order valence-corrected chi connectivity index (χ3v) is 2.77. The summed E-state index contributed by atoms with van der Waals surface area (Å²) in [5.74, 6) is 1.07. The zero-order valence-corrected chi connectivity index (χ0v) is 14.6. The first kappa shape index (κ1) is 17.9. The average molecular weight is 316 g/mol. The largest absolute Gasteiger partial charge is 0.461 e. The van der Waals surface area contributed by atoms with Crippen molar-refractivity contribution in [3.05, 3.63) is 5.28 Å². The third kappa shape index (κ3) is 6.91. The number of hydrogen-bond donors (Lipinski definition) is 0. The van der Waals surface area contributed by atoms with Gasteiger partial charge >= 0.3 is 6.01 Å². The second-order valence-electron chi connectivity index (χ2n) is 6.00. The van der Waals surface area contributed by atoms with Gasteiger partial charge in [0.25, 0.3) is 0 Å². The van der Waals surface area contributed by atoms with Crippen LogP contribution in [0.5, 0.6) is 6.01 Å². The number of aromatic nitrogens is 3. The third-order valence-electron chi connectivity index (χ3n) is 2.60. The maximum atomic E-state index is 6.00. The quantitative estimate of drug-likeness (QED) is 0.734. The summed E-state index contributed by atoms with van der Waals surface area (Å²) in [6.07, 6.45) is -0.00311. The molecule has 7 heteroatoms. The molecule has 0 amide bonds. The number of likely N-dealkylation sites (N-methyl/N-ethyl adjacent to an activating group) is 1. The molecule has 0 aliphatic rings. The number of anilines is 1. The van der Waals surface area contributed by atoms with Gasteiger partial charge in [0.15, 0.2) is 0 Å². The summed E-state index contributed by atoms with van der Waals surface area (Å²) < 4.78 is 5.53. The highest BCUT2D eigenvalue weighted by atomic mass is 35.5. The van der Waals surface area contributed by atoms with Gasteiger partial charge in [-0.1, -0.05) is 13.8 Å². The molecule has 0 aliphatic heterocycles. The fraction of sp³-hybridized carbons (Fsp3) is 0.786. The van der Waals surface area contributed by atoms with Crippen molar-refractivity contribution in [1.29, 1.82) is 0 Å². The van der Waals surface area contributed by atoms with E-state index >= 15 is 0 Å². The van der Waals surface area contributed by atoms with Gasteiger partial charge in [-0.2, -0.15) is 15.0 Å². The average Bonchev–Trinajstić information content (AvgIpc) is 2.32. The van der Waals surface area contributed by atoms with Crippen LogP contribution < -0.4 is 9.64 Å². The molecule has 0 N–H and O–H groups in total. The summed E-state index contributed by atoms with van der Waals surface area (Å²) in [6, 6.07) is 0.276. The van der Waals surface area contributed by atoms with E-state index in [1.165, 1.54) is 0 Å². The van der Waals surface area contributed by atoms with Gasteiger partial charge in [-0.15, -0.1) is 0 Å². The van der Waals surface area contributed by atoms with Crippen LogP contribution >= 0.6 is 11.6 Å². The Hall–Kier alpha value is -1.14. The summed E-state index contributed by atoms with van der Waals surface area (Å²) in [4.78, 5) is 16.9. The van der Waals surface area contributed by atoms with Crippen LogP contribution in [0.2, 0.25) is 5.28 Å². The normalized spacial score (nSPS) is 11.5. The Balaban J connectivity index is 2.96. The van der Waals surface area contributed by atoms with Gasteiger partial charge in [0.1, 0.15) is 0 Å². The van der Waals surface area contributed by atoms with Gasteiger partial charge in [0, 0.05) is 19.6 Å². The van der Waals surface area contributed by atoms with Gasteiger partial charge < -0.3 is 14.5 Å². The van der Waals surface area contributed by atoms with Crippen LogP contribution in [0.25, 0.3) is 0 Å². The van der Waals surface area contributed by atoms with Crippen LogP contribution in [-0.2, 0) is 0 Å². The molecule has 21 heavy (non-hydrogen) atoms. The van der Waals surface area contributed by atoms with Crippen molar-refractivity contribution in [1.82, 2.24) is 19.9 Å². The van der Waals surface area contributed by atoms with E-state index < -0.39 is 0 Å². The molecule has 1 aromatic heterocycles. The molecular formula is C14H26ClN5O. The standard InChI is InChI=1S/C14H26ClN5O/c1-10(2)9-20(8-7-19(5)6)13-16-12(15)17-14(18-13)21-11(3)4/h10-11H,7-9H2,1-6H3. The van der Waals surface area contributed by atoms with Crippen LogP contribution in [0, 0.1) is 5.92 Å². The molecular weight excluding hydrogens is 290 g/mol. The van der Waals surface area contributed by atoms with Crippen molar-refractivity contribution >= 4 is 17.5 Å². The van der Waals surface area contributed by atoms with Gasteiger partial charge in [-0.05, 0) is 45.5 Å². The summed E-state index contributed by atoms with van der Waals surface area (Å²) >= 11 is 6.00. The van der Waals surface area contributed by atoms with E-state index in [2.05, 4.69) is 38.6 Å². The maximum absolute atomic E-state index is 6.00. The Morgan fingerprint density at radius 2 is 1.71 bits per heavy atom. The number of halogens is 1. The molecule has 1 heterocycles. The lowest BCUT2D eigenvalue weighted by atomic mass is 10.2. The minimum Gasteiger partial charge on any atom is -0.461 e. The second kappa shape index (κ2) is 8.34. The smallest absolute Gasteiger partial charge is 0.322 e. The van der Waals surface area contributed by atoms with E-state index in [0.29, 0.717) is 11.9 Å². The minimum atomic E-state index is -0.00311. The lowest BCUT2D eigenvalue weighted by molar-refractivity contribution is 0.221. The highest BCUT2D eigenvalue weighted by Gasteiger charge is 2.15. The van der Waals surface area contributed by atoms with E-state index in [0.717, 1.165) is 19.6 Å². The zero-order chi connectivity index (χ0) is 16.0. The van der Waals surface area contributed by atoms with Crippen LogP contribution in [0.15, 0.2) is 0 Å². The minimum absolute atomic E-state index is 0.00311. The molecule has 0 unspecified atom stereocenters. The lowest BCUT2D eigenvalue weighted by Gasteiger charge is -2.26. The van der Waals surface area contributed by atoms with Crippen LogP contribution in [0.1, 0.15) is 27.7 Å². The summed E-state index contributed by atoms with van der Waals surface area (Å²) in [6.45, 7) is 10.8. The summed E-state index contributed by atoms with van der Waals surface area (Å²) in [5, 5.41) is 0.161. The Kier molecular flexibility index (Phi) is 7.11. The lowest BCUT2D eigenvalue weighted by Crippen LogP contribution is -2.35. The van der Waals surface area contributed by atoms with Crippen molar-refractivity contribution in [3.63, 3.8) is 0 Å². The first-order chi connectivity index (χ1) is 9.77. The van der Waals surface area contributed by atoms with E-state index in [4.69, 9.17) is 16.3 Å². The van der Waals surface area contributed by atoms with E-state index in [1.54, 1.807) is 0 Å². The maximum Gasteiger partial charge on any atom is 0.322 e. The molecule has 0 fully saturated rings. The van der Waals surface area contributed by atoms with Crippen molar-refractivity contribution < 1.29 is 4.74 Å². The molecule has 0 spiro atoms. The predicted molar refractivity (Wildman–Crippen MR) is 86.2 cm³/mol. The van der Waals surface area contributed by atoms with E-state index in [9.17, 15) is 0 Å². The molecule has 0 saturated heterocycles. The molecule has 120 valence electrons. The molecule has 6 nitrogen and oxygen atoms in total. The molecule has 0 bridgehead atoms. The topological polar surface area (TPSA) is 54.4 Å². The highest BCUT2D eigenvalue weighted by Crippen LogP contribution is 2.17. The molecule has 1 aromatic rings. The summed E-state index contributed by atoms with van der Waals surface area (Å²) in [7, 11) is 4.09. The second-order valence-corrected chi connectivity index (χ2v) is 6.33. The monoisotopic (exact) mass is 315 g/mol.